The molecule has 1 aromatic carbocycles. The number of hydrogen-bond donors (Lipinski definition) is 2. The van der Waals surface area contributed by atoms with Crippen LogP contribution in [0.4, 0.5) is 5.69 Å². The van der Waals surface area contributed by atoms with Crippen molar-refractivity contribution in [3.05, 3.63) is 29.8 Å². The Kier molecular flexibility index (Phi) is 3.68. The van der Waals surface area contributed by atoms with E-state index in [4.69, 9.17) is 5.73 Å². The van der Waals surface area contributed by atoms with Gasteiger partial charge in [-0.05, 0) is 24.6 Å². The smallest absolute Gasteiger partial charge is 0.311 e. The fraction of sp³-hybridized carbons (Fsp3) is 0.364. The lowest BCUT2D eigenvalue weighted by atomic mass is 9.97. The van der Waals surface area contributed by atoms with Gasteiger partial charge in [0.2, 0.25) is 0 Å². The molecule has 4 heteroatoms. The second-order valence-electron chi connectivity index (χ2n) is 3.42. The largest absolute Gasteiger partial charge is 0.469 e. The Hall–Kier alpha value is -1.55. The molecule has 15 heavy (non-hydrogen) atoms. The first-order valence-corrected chi connectivity index (χ1v) is 4.67. The summed E-state index contributed by atoms with van der Waals surface area (Å²) in [6, 6.07) is 6.75. The Morgan fingerprint density at radius 3 is 2.40 bits per heavy atom. The number of carbonyl (C=O) groups is 1. The van der Waals surface area contributed by atoms with E-state index >= 15 is 0 Å². The monoisotopic (exact) mass is 209 g/mol. The Balaban J connectivity index is 2.80. The third-order valence-corrected chi connectivity index (χ3v) is 2.32. The van der Waals surface area contributed by atoms with Gasteiger partial charge in [-0.25, -0.2) is 0 Å². The first-order valence-electron chi connectivity index (χ1n) is 4.67. The molecule has 0 aromatic heterocycles. The summed E-state index contributed by atoms with van der Waals surface area (Å²) in [7, 11) is 1.30. The summed E-state index contributed by atoms with van der Waals surface area (Å²) in [5.74, 6) is -1.02. The second-order valence-corrected chi connectivity index (χ2v) is 3.42. The van der Waals surface area contributed by atoms with E-state index in [1.807, 2.05) is 0 Å². The number of nitrogens with two attached hydrogens (primary N) is 1. The maximum absolute atomic E-state index is 11.2. The van der Waals surface area contributed by atoms with E-state index in [-0.39, 0.29) is 0 Å². The van der Waals surface area contributed by atoms with Crippen LogP contribution in [0.5, 0.6) is 0 Å². The number of ether oxygens (including phenoxy) is 1. The van der Waals surface area contributed by atoms with Crippen LogP contribution in [0.15, 0.2) is 24.3 Å². The minimum absolute atomic E-state index is 0.431. The van der Waals surface area contributed by atoms with Gasteiger partial charge in [0.05, 0.1) is 19.1 Å². The fourth-order valence-corrected chi connectivity index (χ4v) is 1.30. The number of aliphatic hydroxyl groups is 1. The molecule has 1 rings (SSSR count). The zero-order chi connectivity index (χ0) is 11.4. The van der Waals surface area contributed by atoms with Gasteiger partial charge < -0.3 is 15.6 Å². The highest BCUT2D eigenvalue weighted by molar-refractivity contribution is 5.72. The van der Waals surface area contributed by atoms with E-state index in [2.05, 4.69) is 4.74 Å². The minimum Gasteiger partial charge on any atom is -0.469 e. The summed E-state index contributed by atoms with van der Waals surface area (Å²) >= 11 is 0. The normalized spacial score (nSPS) is 14.3. The molecule has 3 N–H and O–H groups in total. The predicted molar refractivity (Wildman–Crippen MR) is 57.0 cm³/mol. The van der Waals surface area contributed by atoms with Crippen LogP contribution in [0.3, 0.4) is 0 Å². The Morgan fingerprint density at radius 1 is 1.40 bits per heavy atom. The standard InChI is InChI=1S/C11H15NO3/c1-7(11(14)15-2)10(13)8-3-5-9(12)6-4-8/h3-7,10,13H,12H2,1-2H3. The lowest BCUT2D eigenvalue weighted by Gasteiger charge is -2.16. The van der Waals surface area contributed by atoms with Gasteiger partial charge in [-0.15, -0.1) is 0 Å². The Bertz CT molecular complexity index is 334. The number of anilines is 1. The van der Waals surface area contributed by atoms with Gasteiger partial charge in [0.1, 0.15) is 0 Å². The molecule has 82 valence electrons. The first-order chi connectivity index (χ1) is 7.06. The molecule has 0 radical (unpaired) electrons. The fourth-order valence-electron chi connectivity index (χ4n) is 1.30. The van der Waals surface area contributed by atoms with Gasteiger partial charge in [-0.3, -0.25) is 4.79 Å². The molecule has 0 fully saturated rings. The topological polar surface area (TPSA) is 72.5 Å². The van der Waals surface area contributed by atoms with Crippen LogP contribution in [-0.4, -0.2) is 18.2 Å². The molecule has 0 aliphatic carbocycles. The van der Waals surface area contributed by atoms with Crippen molar-refractivity contribution < 1.29 is 14.6 Å². The van der Waals surface area contributed by atoms with E-state index in [1.165, 1.54) is 7.11 Å². The number of nitrogen functional groups attached to an aromatic ring is 1. The molecule has 0 saturated heterocycles. The van der Waals surface area contributed by atoms with Crippen LogP contribution >= 0.6 is 0 Å². The summed E-state index contributed by atoms with van der Waals surface area (Å²) in [6.07, 6.45) is -0.863. The van der Waals surface area contributed by atoms with Crippen molar-refractivity contribution in [1.82, 2.24) is 0 Å². The minimum atomic E-state index is -0.863. The van der Waals surface area contributed by atoms with Gasteiger partial charge in [0.15, 0.2) is 0 Å². The van der Waals surface area contributed by atoms with Crippen molar-refractivity contribution in [2.45, 2.75) is 13.0 Å². The molecule has 0 aliphatic rings. The SMILES string of the molecule is COC(=O)C(C)C(O)c1ccc(N)cc1. The molecular formula is C11H15NO3. The summed E-state index contributed by atoms with van der Waals surface area (Å²) in [5, 5.41) is 9.84. The van der Waals surface area contributed by atoms with Crippen LogP contribution in [-0.2, 0) is 9.53 Å². The predicted octanol–water partition coefficient (Wildman–Crippen LogP) is 1.11. The number of benzene rings is 1. The van der Waals surface area contributed by atoms with Crippen LogP contribution in [0.1, 0.15) is 18.6 Å². The van der Waals surface area contributed by atoms with Gasteiger partial charge >= 0.3 is 5.97 Å². The summed E-state index contributed by atoms with van der Waals surface area (Å²) in [5.41, 5.74) is 6.79. The highest BCUT2D eigenvalue weighted by atomic mass is 16.5. The van der Waals surface area contributed by atoms with Gasteiger partial charge in [-0.1, -0.05) is 12.1 Å². The number of aliphatic hydroxyl groups excluding tert-OH is 1. The van der Waals surface area contributed by atoms with E-state index in [1.54, 1.807) is 31.2 Å². The molecule has 0 aliphatic heterocycles. The molecule has 0 saturated carbocycles. The number of rotatable bonds is 3. The summed E-state index contributed by atoms with van der Waals surface area (Å²) in [6.45, 7) is 1.62. The average Bonchev–Trinajstić information content (AvgIpc) is 2.27. The molecule has 2 unspecified atom stereocenters. The molecular weight excluding hydrogens is 194 g/mol. The highest BCUT2D eigenvalue weighted by Gasteiger charge is 2.23. The zero-order valence-corrected chi connectivity index (χ0v) is 8.81. The summed E-state index contributed by atoms with van der Waals surface area (Å²) < 4.78 is 4.55. The number of esters is 1. The Labute approximate surface area is 88.7 Å². The third-order valence-electron chi connectivity index (χ3n) is 2.32. The number of hydrogen-bond acceptors (Lipinski definition) is 4. The van der Waals surface area contributed by atoms with E-state index in [0.29, 0.717) is 11.3 Å². The van der Waals surface area contributed by atoms with E-state index in [9.17, 15) is 9.90 Å². The van der Waals surface area contributed by atoms with E-state index in [0.717, 1.165) is 0 Å². The molecule has 0 spiro atoms. The highest BCUT2D eigenvalue weighted by Crippen LogP contribution is 2.23. The molecule has 1 aromatic rings. The van der Waals surface area contributed by atoms with Crippen molar-refractivity contribution >= 4 is 11.7 Å². The molecule has 4 nitrogen and oxygen atoms in total. The van der Waals surface area contributed by atoms with Gasteiger partial charge in [0, 0.05) is 5.69 Å². The number of methoxy groups -OCH3 is 1. The lowest BCUT2D eigenvalue weighted by Crippen LogP contribution is -2.20. The molecule has 0 bridgehead atoms. The molecule has 0 amide bonds. The zero-order valence-electron chi connectivity index (χ0n) is 8.81. The van der Waals surface area contributed by atoms with Crippen LogP contribution in [0.25, 0.3) is 0 Å². The van der Waals surface area contributed by atoms with E-state index < -0.39 is 18.0 Å². The lowest BCUT2D eigenvalue weighted by molar-refractivity contribution is -0.148. The second kappa shape index (κ2) is 4.79. The molecule has 2 atom stereocenters. The van der Waals surface area contributed by atoms with Crippen LogP contribution in [0.2, 0.25) is 0 Å². The summed E-state index contributed by atoms with van der Waals surface area (Å²) in [4.78, 5) is 11.2. The third kappa shape index (κ3) is 2.70. The number of carbonyl (C=O) groups excluding carboxylic acids is 1. The van der Waals surface area contributed by atoms with Crippen LogP contribution in [0, 0.1) is 5.92 Å². The quantitative estimate of drug-likeness (QED) is 0.577. The average molecular weight is 209 g/mol. The van der Waals surface area contributed by atoms with Crippen molar-refractivity contribution in [3.8, 4) is 0 Å². The molecule has 0 heterocycles. The Morgan fingerprint density at radius 2 is 1.93 bits per heavy atom. The van der Waals surface area contributed by atoms with Crippen molar-refractivity contribution in [1.29, 1.82) is 0 Å². The van der Waals surface area contributed by atoms with Crippen molar-refractivity contribution in [3.63, 3.8) is 0 Å². The first kappa shape index (κ1) is 11.5. The van der Waals surface area contributed by atoms with Gasteiger partial charge in [-0.2, -0.15) is 0 Å². The maximum atomic E-state index is 11.2. The van der Waals surface area contributed by atoms with Crippen LogP contribution < -0.4 is 5.73 Å². The maximum Gasteiger partial charge on any atom is 0.311 e. The van der Waals surface area contributed by atoms with Crippen molar-refractivity contribution in [2.75, 3.05) is 12.8 Å². The van der Waals surface area contributed by atoms with Gasteiger partial charge in [0.25, 0.3) is 0 Å². The van der Waals surface area contributed by atoms with Crippen molar-refractivity contribution in [2.24, 2.45) is 5.92 Å².